The second kappa shape index (κ2) is 7.69. The topological polar surface area (TPSA) is 52.7 Å². The van der Waals surface area contributed by atoms with E-state index in [-0.39, 0.29) is 18.2 Å². The predicted octanol–water partition coefficient (Wildman–Crippen LogP) is 2.87. The quantitative estimate of drug-likeness (QED) is 0.864. The molecule has 5 nitrogen and oxygen atoms in total. The Bertz CT molecular complexity index is 571. The predicted molar refractivity (Wildman–Crippen MR) is 96.1 cm³/mol. The molecule has 1 N–H and O–H groups in total. The second-order valence-corrected chi connectivity index (χ2v) is 7.03. The van der Waals surface area contributed by atoms with Crippen LogP contribution in [-0.2, 0) is 9.59 Å². The highest BCUT2D eigenvalue weighted by Crippen LogP contribution is 2.22. The van der Waals surface area contributed by atoms with E-state index in [1.165, 1.54) is 18.5 Å². The van der Waals surface area contributed by atoms with Gasteiger partial charge in [0, 0.05) is 37.6 Å². The van der Waals surface area contributed by atoms with E-state index < -0.39 is 0 Å². The van der Waals surface area contributed by atoms with Crippen LogP contribution in [0.3, 0.4) is 0 Å². The van der Waals surface area contributed by atoms with Crippen molar-refractivity contribution < 1.29 is 9.59 Å². The average molecular weight is 329 g/mol. The molecule has 1 aromatic carbocycles. The van der Waals surface area contributed by atoms with Crippen LogP contribution in [0.5, 0.6) is 0 Å². The molecule has 2 saturated heterocycles. The fraction of sp³-hybridized carbons (Fsp3) is 0.579. The summed E-state index contributed by atoms with van der Waals surface area (Å²) in [6.07, 6.45) is 4.49. The zero-order valence-corrected chi connectivity index (χ0v) is 14.5. The van der Waals surface area contributed by atoms with Gasteiger partial charge in [0.15, 0.2) is 0 Å². The van der Waals surface area contributed by atoms with Gasteiger partial charge in [-0.05, 0) is 55.9 Å². The average Bonchev–Trinajstić information content (AvgIpc) is 3.10. The molecule has 2 fully saturated rings. The summed E-state index contributed by atoms with van der Waals surface area (Å²) in [6.45, 7) is 5.97. The molecule has 0 aromatic heterocycles. The van der Waals surface area contributed by atoms with E-state index in [0.29, 0.717) is 5.92 Å². The van der Waals surface area contributed by atoms with Crippen molar-refractivity contribution >= 4 is 23.2 Å². The molecule has 2 aliphatic rings. The molecule has 0 saturated carbocycles. The van der Waals surface area contributed by atoms with Crippen LogP contribution in [0.25, 0.3) is 0 Å². The van der Waals surface area contributed by atoms with Crippen molar-refractivity contribution in [2.24, 2.45) is 5.92 Å². The Hall–Kier alpha value is -2.04. The van der Waals surface area contributed by atoms with Gasteiger partial charge in [0.2, 0.25) is 11.8 Å². The lowest BCUT2D eigenvalue weighted by molar-refractivity contribution is -0.135. The smallest absolute Gasteiger partial charge is 0.233 e. The molecular weight excluding hydrogens is 302 g/mol. The maximum absolute atomic E-state index is 12.2. The van der Waals surface area contributed by atoms with Crippen LogP contribution in [0, 0.1) is 5.92 Å². The number of piperidine rings is 1. The molecule has 2 heterocycles. The van der Waals surface area contributed by atoms with Crippen LogP contribution < -0.4 is 10.2 Å². The highest BCUT2D eigenvalue weighted by molar-refractivity contribution is 6.03. The second-order valence-electron chi connectivity index (χ2n) is 7.03. The third-order valence-corrected chi connectivity index (χ3v) is 5.07. The zero-order valence-electron chi connectivity index (χ0n) is 14.5. The largest absolute Gasteiger partial charge is 0.372 e. The third-order valence-electron chi connectivity index (χ3n) is 5.07. The lowest BCUT2D eigenvalue weighted by Gasteiger charge is -2.30. The first-order valence-electron chi connectivity index (χ1n) is 9.04. The monoisotopic (exact) mass is 329 g/mol. The van der Waals surface area contributed by atoms with Gasteiger partial charge >= 0.3 is 0 Å². The van der Waals surface area contributed by atoms with E-state index in [2.05, 4.69) is 17.1 Å². The lowest BCUT2D eigenvalue weighted by atomic mass is 9.99. The molecule has 3 rings (SSSR count). The molecule has 0 unspecified atom stereocenters. The first-order chi connectivity index (χ1) is 11.6. The number of hydrogen-bond donors (Lipinski definition) is 1. The van der Waals surface area contributed by atoms with Gasteiger partial charge in [0.05, 0.1) is 0 Å². The number of benzene rings is 1. The molecule has 0 atom stereocenters. The van der Waals surface area contributed by atoms with Gasteiger partial charge in [-0.2, -0.15) is 0 Å². The Morgan fingerprint density at radius 1 is 1.04 bits per heavy atom. The van der Waals surface area contributed by atoms with Gasteiger partial charge in [-0.15, -0.1) is 0 Å². The van der Waals surface area contributed by atoms with Crippen molar-refractivity contribution in [3.63, 3.8) is 0 Å². The zero-order chi connectivity index (χ0) is 16.9. The Balaban J connectivity index is 1.48. The van der Waals surface area contributed by atoms with E-state index in [9.17, 15) is 9.59 Å². The van der Waals surface area contributed by atoms with Crippen molar-refractivity contribution in [2.45, 2.75) is 39.0 Å². The molecule has 0 bridgehead atoms. The fourth-order valence-corrected chi connectivity index (χ4v) is 3.44. The minimum absolute atomic E-state index is 0.0620. The van der Waals surface area contributed by atoms with Crippen molar-refractivity contribution in [3.8, 4) is 0 Å². The minimum atomic E-state index is -0.229. The molecule has 5 heteroatoms. The number of carbonyl (C=O) groups excluding carboxylic acids is 2. The number of hydrogen-bond acceptors (Lipinski definition) is 3. The summed E-state index contributed by atoms with van der Waals surface area (Å²) in [4.78, 5) is 28.5. The number of rotatable bonds is 4. The van der Waals surface area contributed by atoms with Crippen LogP contribution in [-0.4, -0.2) is 42.9 Å². The third kappa shape index (κ3) is 4.28. The van der Waals surface area contributed by atoms with Crippen LogP contribution in [0.4, 0.5) is 11.4 Å². The number of nitrogens with zero attached hydrogens (tertiary/aromatic N) is 2. The molecule has 130 valence electrons. The van der Waals surface area contributed by atoms with Gasteiger partial charge in [-0.1, -0.05) is 6.92 Å². The van der Waals surface area contributed by atoms with E-state index in [4.69, 9.17) is 0 Å². The summed E-state index contributed by atoms with van der Waals surface area (Å²) < 4.78 is 0. The van der Waals surface area contributed by atoms with Crippen molar-refractivity contribution in [3.05, 3.63) is 24.3 Å². The maximum Gasteiger partial charge on any atom is 0.233 e. The maximum atomic E-state index is 12.2. The van der Waals surface area contributed by atoms with Crippen molar-refractivity contribution in [2.75, 3.05) is 36.4 Å². The van der Waals surface area contributed by atoms with Crippen LogP contribution in [0.1, 0.15) is 39.0 Å². The molecule has 0 radical (unpaired) electrons. The summed E-state index contributed by atoms with van der Waals surface area (Å²) in [7, 11) is 0. The van der Waals surface area contributed by atoms with E-state index in [0.717, 1.165) is 44.7 Å². The molecule has 24 heavy (non-hydrogen) atoms. The Morgan fingerprint density at radius 2 is 1.67 bits per heavy atom. The van der Waals surface area contributed by atoms with Gasteiger partial charge in [-0.3, -0.25) is 9.59 Å². The van der Waals surface area contributed by atoms with Crippen LogP contribution in [0.15, 0.2) is 24.3 Å². The van der Waals surface area contributed by atoms with Gasteiger partial charge in [0.25, 0.3) is 0 Å². The van der Waals surface area contributed by atoms with Crippen LogP contribution in [0.2, 0.25) is 0 Å². The molecule has 0 spiro atoms. The van der Waals surface area contributed by atoms with Crippen LogP contribution >= 0.6 is 0 Å². The summed E-state index contributed by atoms with van der Waals surface area (Å²) in [5, 5.41) is 2.83. The number of anilines is 2. The molecule has 2 amide bonds. The molecule has 2 aliphatic heterocycles. The SMILES string of the molecule is CC1CCN(C(=O)CC(=O)Nc2ccc(N3CCCC3)cc2)CC1. The summed E-state index contributed by atoms with van der Waals surface area (Å²) >= 11 is 0. The minimum Gasteiger partial charge on any atom is -0.372 e. The number of likely N-dealkylation sites (tertiary alicyclic amines) is 1. The first kappa shape index (κ1) is 16.8. The van der Waals surface area contributed by atoms with Gasteiger partial charge in [0.1, 0.15) is 6.42 Å². The van der Waals surface area contributed by atoms with E-state index in [1.807, 2.05) is 29.2 Å². The van der Waals surface area contributed by atoms with E-state index >= 15 is 0 Å². The number of nitrogens with one attached hydrogen (secondary N) is 1. The fourth-order valence-electron chi connectivity index (χ4n) is 3.44. The highest BCUT2D eigenvalue weighted by atomic mass is 16.2. The number of amides is 2. The lowest BCUT2D eigenvalue weighted by Crippen LogP contribution is -2.39. The summed E-state index contributed by atoms with van der Waals surface area (Å²) in [5.74, 6) is 0.387. The Labute approximate surface area is 144 Å². The summed E-state index contributed by atoms with van der Waals surface area (Å²) in [5.41, 5.74) is 1.95. The standard InChI is InChI=1S/C19H27N3O2/c1-15-8-12-22(13-9-15)19(24)14-18(23)20-16-4-6-17(7-5-16)21-10-2-3-11-21/h4-7,15H,2-3,8-14H2,1H3,(H,20,23). The van der Waals surface area contributed by atoms with Crippen molar-refractivity contribution in [1.82, 2.24) is 4.90 Å². The van der Waals surface area contributed by atoms with Crippen molar-refractivity contribution in [1.29, 1.82) is 0 Å². The number of carbonyl (C=O) groups is 2. The van der Waals surface area contributed by atoms with Gasteiger partial charge < -0.3 is 15.1 Å². The Kier molecular flexibility index (Phi) is 5.38. The molecule has 0 aliphatic carbocycles. The molecular formula is C19H27N3O2. The Morgan fingerprint density at radius 3 is 2.29 bits per heavy atom. The summed E-state index contributed by atoms with van der Waals surface area (Å²) in [6, 6.07) is 7.90. The highest BCUT2D eigenvalue weighted by Gasteiger charge is 2.22. The molecule has 1 aromatic rings. The normalized spacial score (nSPS) is 18.7. The van der Waals surface area contributed by atoms with E-state index in [1.54, 1.807) is 0 Å². The van der Waals surface area contributed by atoms with Gasteiger partial charge in [-0.25, -0.2) is 0 Å². The first-order valence-corrected chi connectivity index (χ1v) is 9.04.